The third kappa shape index (κ3) is 19.8. The molecule has 1 aliphatic heterocycles. The number of carbonyl (C=O) groups excluding carboxylic acids is 4. The number of hydrogen-bond acceptors (Lipinski definition) is 9. The van der Waals surface area contributed by atoms with Crippen LogP contribution in [0.15, 0.2) is 30.3 Å². The Bertz CT molecular complexity index is 725. The zero-order valence-corrected chi connectivity index (χ0v) is 22.7. The van der Waals surface area contributed by atoms with Gasteiger partial charge in [0.2, 0.25) is 0 Å². The maximum atomic E-state index is 12.1. The zero-order valence-electron chi connectivity index (χ0n) is 22.7. The van der Waals surface area contributed by atoms with Gasteiger partial charge in [-0.25, -0.2) is 5.01 Å². The molecule has 0 aromatic heterocycles. The summed E-state index contributed by atoms with van der Waals surface area (Å²) >= 11 is 0. The first-order valence-corrected chi connectivity index (χ1v) is 12.5. The second kappa shape index (κ2) is 24.7. The minimum Gasteiger partial charge on any atom is -0.466 e. The van der Waals surface area contributed by atoms with Gasteiger partial charge in [-0.1, -0.05) is 38.0 Å². The van der Waals surface area contributed by atoms with Crippen molar-refractivity contribution in [2.75, 3.05) is 44.7 Å². The fourth-order valence-electron chi connectivity index (χ4n) is 2.64. The zero-order chi connectivity index (χ0) is 28.5. The van der Waals surface area contributed by atoms with Crippen LogP contribution in [0, 0.1) is 5.92 Å². The van der Waals surface area contributed by atoms with Gasteiger partial charge in [-0.05, 0) is 32.4 Å². The lowest BCUT2D eigenvalue weighted by Crippen LogP contribution is -2.35. The van der Waals surface area contributed by atoms with E-state index in [-0.39, 0.29) is 37.0 Å². The van der Waals surface area contributed by atoms with Crippen LogP contribution in [0.3, 0.4) is 0 Å². The molecule has 1 unspecified atom stereocenters. The van der Waals surface area contributed by atoms with Crippen LogP contribution in [-0.4, -0.2) is 73.6 Å². The molecule has 2 amide bonds. The summed E-state index contributed by atoms with van der Waals surface area (Å²) < 4.78 is 14.0. The molecule has 1 saturated heterocycles. The molecule has 0 radical (unpaired) electrons. The number of ether oxygens (including phenoxy) is 3. The molecule has 1 aromatic carbocycles. The van der Waals surface area contributed by atoms with E-state index in [2.05, 4.69) is 14.9 Å². The Morgan fingerprint density at radius 2 is 1.41 bits per heavy atom. The minimum absolute atomic E-state index is 0.125. The Morgan fingerprint density at radius 1 is 0.892 bits per heavy atom. The van der Waals surface area contributed by atoms with Crippen LogP contribution in [0.4, 0.5) is 5.69 Å². The number of hydrazine groups is 1. The van der Waals surface area contributed by atoms with E-state index in [1.807, 2.05) is 39.0 Å². The number of aliphatic hydroxyl groups excluding tert-OH is 2. The summed E-state index contributed by atoms with van der Waals surface area (Å²) in [7, 11) is 0. The lowest BCUT2D eigenvalue weighted by molar-refractivity contribution is -0.143. The normalized spacial score (nSPS) is 13.6. The van der Waals surface area contributed by atoms with Crippen LogP contribution in [0.25, 0.3) is 0 Å². The van der Waals surface area contributed by atoms with E-state index in [0.717, 1.165) is 26.1 Å². The number of para-hydroxylation sites is 1. The highest BCUT2D eigenvalue weighted by atomic mass is 16.5. The first kappa shape index (κ1) is 36.1. The van der Waals surface area contributed by atoms with E-state index in [4.69, 9.17) is 14.9 Å². The quantitative estimate of drug-likeness (QED) is 0.223. The van der Waals surface area contributed by atoms with Gasteiger partial charge in [-0.3, -0.25) is 24.6 Å². The van der Waals surface area contributed by atoms with Gasteiger partial charge < -0.3 is 24.4 Å². The molecule has 11 nitrogen and oxygen atoms in total. The average molecular weight is 529 g/mol. The molecule has 3 N–H and O–H groups in total. The molecule has 1 aliphatic rings. The SMILES string of the molecule is CC(=O)OCCCOC(C)=O.CCCCC1C(=O)NN(c2ccccc2)C1=O.CCOCC.OCCO. The van der Waals surface area contributed by atoms with Gasteiger partial charge in [0.1, 0.15) is 5.92 Å². The number of nitrogens with one attached hydrogen (secondary N) is 1. The van der Waals surface area contributed by atoms with Crippen molar-refractivity contribution in [3.63, 3.8) is 0 Å². The summed E-state index contributed by atoms with van der Waals surface area (Å²) in [5.74, 6) is -1.47. The first-order chi connectivity index (χ1) is 17.7. The standard InChI is InChI=1S/C13H16N2O2.C7H12O4.C4H10O.C2H6O2/c1-2-3-9-11-12(16)14-15(13(11)17)10-7-5-4-6-8-10;1-6(8)10-4-3-5-11-7(2)9;1-3-5-4-2;3-1-2-4/h4-8,11H,2-3,9H2,1H3,(H,14,16);3-5H2,1-2H3;3-4H2,1-2H3;3-4H,1-2H2. The summed E-state index contributed by atoms with van der Waals surface area (Å²) in [6, 6.07) is 9.17. The average Bonchev–Trinajstić information content (AvgIpc) is 3.17. The van der Waals surface area contributed by atoms with Crippen molar-refractivity contribution in [1.82, 2.24) is 5.43 Å². The summed E-state index contributed by atoms with van der Waals surface area (Å²) in [5.41, 5.74) is 3.34. The second-order valence-corrected chi connectivity index (χ2v) is 7.44. The van der Waals surface area contributed by atoms with E-state index >= 15 is 0 Å². The summed E-state index contributed by atoms with van der Waals surface area (Å²) in [6.45, 7) is 10.8. The molecule has 0 saturated carbocycles. The van der Waals surface area contributed by atoms with Crippen molar-refractivity contribution in [2.45, 2.75) is 60.3 Å². The van der Waals surface area contributed by atoms with Gasteiger partial charge in [-0.2, -0.15) is 0 Å². The van der Waals surface area contributed by atoms with Crippen LogP contribution in [0.5, 0.6) is 0 Å². The predicted octanol–water partition coefficient (Wildman–Crippen LogP) is 2.39. The molecule has 1 aromatic rings. The number of nitrogens with zero attached hydrogens (tertiary/aromatic N) is 1. The van der Waals surface area contributed by atoms with Crippen molar-refractivity contribution >= 4 is 29.4 Å². The fourth-order valence-corrected chi connectivity index (χ4v) is 2.64. The minimum atomic E-state index is -0.518. The van der Waals surface area contributed by atoms with Crippen molar-refractivity contribution in [2.24, 2.45) is 5.92 Å². The van der Waals surface area contributed by atoms with Gasteiger partial charge in [0, 0.05) is 33.5 Å². The van der Waals surface area contributed by atoms with E-state index in [0.29, 0.717) is 31.7 Å². The molecular formula is C26H44N2O9. The predicted molar refractivity (Wildman–Crippen MR) is 139 cm³/mol. The molecule has 1 heterocycles. The number of anilines is 1. The number of amides is 2. The fraction of sp³-hybridized carbons (Fsp3) is 0.615. The number of esters is 2. The molecular weight excluding hydrogens is 484 g/mol. The molecule has 0 bridgehead atoms. The highest BCUT2D eigenvalue weighted by molar-refractivity contribution is 6.14. The summed E-state index contributed by atoms with van der Waals surface area (Å²) in [5, 5.41) is 16.6. The number of carbonyl (C=O) groups is 4. The van der Waals surface area contributed by atoms with Crippen molar-refractivity contribution < 1.29 is 43.6 Å². The van der Waals surface area contributed by atoms with E-state index in [9.17, 15) is 19.2 Å². The van der Waals surface area contributed by atoms with Crippen LogP contribution >= 0.6 is 0 Å². The van der Waals surface area contributed by atoms with Crippen molar-refractivity contribution in [1.29, 1.82) is 0 Å². The number of benzene rings is 1. The number of unbranched alkanes of at least 4 members (excludes halogenated alkanes) is 1. The lowest BCUT2D eigenvalue weighted by Gasteiger charge is -2.14. The Balaban J connectivity index is 0. The van der Waals surface area contributed by atoms with Gasteiger partial charge in [-0.15, -0.1) is 0 Å². The highest BCUT2D eigenvalue weighted by Gasteiger charge is 2.39. The van der Waals surface area contributed by atoms with Crippen molar-refractivity contribution in [3.8, 4) is 0 Å². The van der Waals surface area contributed by atoms with E-state index in [1.54, 1.807) is 12.1 Å². The van der Waals surface area contributed by atoms with Crippen LogP contribution in [0.2, 0.25) is 0 Å². The molecule has 0 spiro atoms. The Labute approximate surface area is 220 Å². The topological polar surface area (TPSA) is 152 Å². The van der Waals surface area contributed by atoms with Crippen LogP contribution < -0.4 is 10.4 Å². The van der Waals surface area contributed by atoms with Crippen LogP contribution in [-0.2, 0) is 33.4 Å². The van der Waals surface area contributed by atoms with E-state index in [1.165, 1.54) is 18.9 Å². The number of hydrogen-bond donors (Lipinski definition) is 3. The van der Waals surface area contributed by atoms with Gasteiger partial charge >= 0.3 is 11.9 Å². The molecule has 37 heavy (non-hydrogen) atoms. The van der Waals surface area contributed by atoms with Gasteiger partial charge in [0.05, 0.1) is 32.1 Å². The second-order valence-electron chi connectivity index (χ2n) is 7.44. The molecule has 11 heteroatoms. The van der Waals surface area contributed by atoms with E-state index < -0.39 is 5.92 Å². The molecule has 1 atom stereocenters. The Morgan fingerprint density at radius 3 is 1.78 bits per heavy atom. The molecule has 0 aliphatic carbocycles. The third-order valence-electron chi connectivity index (χ3n) is 4.33. The number of aliphatic hydroxyl groups is 2. The Hall–Kier alpha value is -3.02. The third-order valence-corrected chi connectivity index (χ3v) is 4.33. The highest BCUT2D eigenvalue weighted by Crippen LogP contribution is 2.22. The molecule has 1 fully saturated rings. The summed E-state index contributed by atoms with van der Waals surface area (Å²) in [6.07, 6.45) is 3.07. The number of rotatable bonds is 11. The van der Waals surface area contributed by atoms with Gasteiger partial charge in [0.25, 0.3) is 11.8 Å². The van der Waals surface area contributed by atoms with Crippen molar-refractivity contribution in [3.05, 3.63) is 30.3 Å². The maximum Gasteiger partial charge on any atom is 0.302 e. The first-order valence-electron chi connectivity index (χ1n) is 12.5. The van der Waals surface area contributed by atoms with Crippen LogP contribution in [0.1, 0.15) is 60.3 Å². The lowest BCUT2D eigenvalue weighted by atomic mass is 10.0. The smallest absolute Gasteiger partial charge is 0.302 e. The molecule has 2 rings (SSSR count). The monoisotopic (exact) mass is 528 g/mol. The maximum absolute atomic E-state index is 12.1. The Kier molecular flexibility index (Phi) is 24.1. The summed E-state index contributed by atoms with van der Waals surface area (Å²) in [4.78, 5) is 44.2. The largest absolute Gasteiger partial charge is 0.466 e. The van der Waals surface area contributed by atoms with Gasteiger partial charge in [0.15, 0.2) is 0 Å². The molecule has 212 valence electrons.